The molecule has 5 nitrogen and oxygen atoms in total. The first-order valence-electron chi connectivity index (χ1n) is 7.18. The van der Waals surface area contributed by atoms with E-state index in [0.717, 1.165) is 15.1 Å². The summed E-state index contributed by atoms with van der Waals surface area (Å²) in [5.41, 5.74) is 2.51. The van der Waals surface area contributed by atoms with Crippen molar-refractivity contribution in [2.75, 3.05) is 0 Å². The van der Waals surface area contributed by atoms with Crippen LogP contribution in [0.15, 0.2) is 57.9 Å². The van der Waals surface area contributed by atoms with Crippen molar-refractivity contribution in [1.29, 1.82) is 0 Å². The van der Waals surface area contributed by atoms with Gasteiger partial charge in [0.2, 0.25) is 0 Å². The molecule has 0 unspecified atom stereocenters. The summed E-state index contributed by atoms with van der Waals surface area (Å²) in [6.45, 7) is 2.03. The van der Waals surface area contributed by atoms with Gasteiger partial charge in [0.15, 0.2) is 5.69 Å². The van der Waals surface area contributed by atoms with E-state index < -0.39 is 5.97 Å². The van der Waals surface area contributed by atoms with Crippen LogP contribution in [0.2, 0.25) is 0 Å². The molecule has 0 saturated carbocycles. The maximum absolute atomic E-state index is 11.4. The summed E-state index contributed by atoms with van der Waals surface area (Å²) in [7, 11) is 0. The van der Waals surface area contributed by atoms with Crippen molar-refractivity contribution < 1.29 is 9.90 Å². The SMILES string of the molecule is Cc1ccc(SCc2c(C(=O)O)nnn2-c2ccc(Br)cc2)cc1. The summed E-state index contributed by atoms with van der Waals surface area (Å²) in [6.07, 6.45) is 0. The van der Waals surface area contributed by atoms with Crippen LogP contribution < -0.4 is 0 Å². The summed E-state index contributed by atoms with van der Waals surface area (Å²) in [5.74, 6) is -0.605. The van der Waals surface area contributed by atoms with E-state index in [1.54, 1.807) is 16.4 Å². The zero-order chi connectivity index (χ0) is 17.1. The van der Waals surface area contributed by atoms with Gasteiger partial charge >= 0.3 is 5.97 Å². The highest BCUT2D eigenvalue weighted by Gasteiger charge is 2.20. The summed E-state index contributed by atoms with van der Waals surface area (Å²) in [6, 6.07) is 15.6. The van der Waals surface area contributed by atoms with E-state index in [0.29, 0.717) is 11.4 Å². The number of nitrogens with zero attached hydrogens (tertiary/aromatic N) is 3. The smallest absolute Gasteiger partial charge is 0.358 e. The first-order chi connectivity index (χ1) is 11.5. The average Bonchev–Trinajstić information content (AvgIpc) is 2.99. The number of aromatic carboxylic acids is 1. The molecule has 0 aliphatic rings. The molecular formula is C17H14BrN3O2S. The fourth-order valence-electron chi connectivity index (χ4n) is 2.17. The topological polar surface area (TPSA) is 68.0 Å². The van der Waals surface area contributed by atoms with E-state index in [1.165, 1.54) is 5.56 Å². The molecule has 0 aliphatic heterocycles. The normalized spacial score (nSPS) is 10.8. The second-order valence-corrected chi connectivity index (χ2v) is 7.14. The summed E-state index contributed by atoms with van der Waals surface area (Å²) in [4.78, 5) is 12.5. The number of carboxylic acids is 1. The van der Waals surface area contributed by atoms with E-state index in [9.17, 15) is 9.90 Å². The van der Waals surface area contributed by atoms with E-state index >= 15 is 0 Å². The van der Waals surface area contributed by atoms with Crippen LogP contribution in [-0.2, 0) is 5.75 Å². The maximum atomic E-state index is 11.4. The van der Waals surface area contributed by atoms with Gasteiger partial charge in [-0.25, -0.2) is 9.48 Å². The first kappa shape index (κ1) is 16.7. The largest absolute Gasteiger partial charge is 0.476 e. The van der Waals surface area contributed by atoms with Gasteiger partial charge in [-0.15, -0.1) is 16.9 Å². The van der Waals surface area contributed by atoms with Crippen molar-refractivity contribution in [2.45, 2.75) is 17.6 Å². The number of hydrogen-bond donors (Lipinski definition) is 1. The second-order valence-electron chi connectivity index (χ2n) is 5.18. The molecule has 1 aromatic heterocycles. The van der Waals surface area contributed by atoms with Gasteiger partial charge in [0.25, 0.3) is 0 Å². The van der Waals surface area contributed by atoms with Gasteiger partial charge in [-0.2, -0.15) is 0 Å². The van der Waals surface area contributed by atoms with E-state index in [2.05, 4.69) is 26.2 Å². The van der Waals surface area contributed by atoms with E-state index in [1.807, 2.05) is 55.5 Å². The molecule has 3 rings (SSSR count). The van der Waals surface area contributed by atoms with Crippen molar-refractivity contribution in [2.24, 2.45) is 0 Å². The predicted octanol–water partition coefficient (Wildman–Crippen LogP) is 4.33. The third kappa shape index (κ3) is 3.68. The van der Waals surface area contributed by atoms with Crippen LogP contribution in [0.4, 0.5) is 0 Å². The lowest BCUT2D eigenvalue weighted by molar-refractivity contribution is 0.0689. The Kier molecular flexibility index (Phi) is 5.01. The molecule has 24 heavy (non-hydrogen) atoms. The lowest BCUT2D eigenvalue weighted by Crippen LogP contribution is -2.06. The van der Waals surface area contributed by atoms with Crippen molar-refractivity contribution in [3.8, 4) is 5.69 Å². The summed E-state index contributed by atoms with van der Waals surface area (Å²) in [5, 5.41) is 17.2. The molecular weight excluding hydrogens is 390 g/mol. The van der Waals surface area contributed by atoms with E-state index in [4.69, 9.17) is 0 Å². The quantitative estimate of drug-likeness (QED) is 0.642. The third-order valence-corrected chi connectivity index (χ3v) is 4.99. The maximum Gasteiger partial charge on any atom is 0.358 e. The van der Waals surface area contributed by atoms with Crippen molar-refractivity contribution in [3.05, 3.63) is 70.0 Å². The molecule has 0 fully saturated rings. The highest BCUT2D eigenvalue weighted by molar-refractivity contribution is 9.10. The molecule has 0 atom stereocenters. The van der Waals surface area contributed by atoms with Crippen molar-refractivity contribution in [3.63, 3.8) is 0 Å². The minimum Gasteiger partial charge on any atom is -0.476 e. The van der Waals surface area contributed by atoms with Crippen LogP contribution >= 0.6 is 27.7 Å². The third-order valence-electron chi connectivity index (χ3n) is 3.43. The molecule has 0 spiro atoms. The standard InChI is InChI=1S/C17H14BrN3O2S/c1-11-2-8-14(9-3-11)24-10-15-16(17(22)23)19-20-21(15)13-6-4-12(18)5-7-13/h2-9H,10H2,1H3,(H,22,23). The fourth-order valence-corrected chi connectivity index (χ4v) is 3.33. The Morgan fingerprint density at radius 1 is 1.17 bits per heavy atom. The Morgan fingerprint density at radius 3 is 2.46 bits per heavy atom. The van der Waals surface area contributed by atoms with Crippen LogP contribution in [0, 0.1) is 6.92 Å². The number of thioether (sulfide) groups is 1. The zero-order valence-corrected chi connectivity index (χ0v) is 15.2. The minimum absolute atomic E-state index is 0.0162. The summed E-state index contributed by atoms with van der Waals surface area (Å²) >= 11 is 4.95. The Hall–Kier alpha value is -2.12. The van der Waals surface area contributed by atoms with Crippen LogP contribution in [0.25, 0.3) is 5.69 Å². The predicted molar refractivity (Wildman–Crippen MR) is 96.8 cm³/mol. The summed E-state index contributed by atoms with van der Waals surface area (Å²) < 4.78 is 2.53. The molecule has 122 valence electrons. The highest BCUT2D eigenvalue weighted by atomic mass is 79.9. The van der Waals surface area contributed by atoms with Crippen LogP contribution in [0.5, 0.6) is 0 Å². The molecule has 1 heterocycles. The van der Waals surface area contributed by atoms with Crippen LogP contribution in [-0.4, -0.2) is 26.1 Å². The number of aryl methyl sites for hydroxylation is 1. The second kappa shape index (κ2) is 7.19. The molecule has 0 saturated heterocycles. The molecule has 0 amide bonds. The minimum atomic E-state index is -1.07. The number of benzene rings is 2. The number of rotatable bonds is 5. The molecule has 1 N–H and O–H groups in total. The number of hydrogen-bond acceptors (Lipinski definition) is 4. The van der Waals surface area contributed by atoms with Gasteiger partial charge in [-0.3, -0.25) is 0 Å². The lowest BCUT2D eigenvalue weighted by Gasteiger charge is -2.07. The lowest BCUT2D eigenvalue weighted by atomic mass is 10.2. The highest BCUT2D eigenvalue weighted by Crippen LogP contribution is 2.26. The van der Waals surface area contributed by atoms with Gasteiger partial charge in [-0.1, -0.05) is 38.8 Å². The zero-order valence-electron chi connectivity index (χ0n) is 12.8. The van der Waals surface area contributed by atoms with Crippen molar-refractivity contribution >= 4 is 33.7 Å². The Morgan fingerprint density at radius 2 is 1.83 bits per heavy atom. The van der Waals surface area contributed by atoms with Crippen LogP contribution in [0.1, 0.15) is 21.7 Å². The fraction of sp³-hybridized carbons (Fsp3) is 0.118. The monoisotopic (exact) mass is 403 g/mol. The van der Waals surface area contributed by atoms with Crippen LogP contribution in [0.3, 0.4) is 0 Å². The molecule has 7 heteroatoms. The number of halogens is 1. The Balaban J connectivity index is 1.92. The van der Waals surface area contributed by atoms with Gasteiger partial charge < -0.3 is 5.11 Å². The molecule has 0 aliphatic carbocycles. The average molecular weight is 404 g/mol. The Bertz CT molecular complexity index is 861. The van der Waals surface area contributed by atoms with E-state index in [-0.39, 0.29) is 5.69 Å². The molecule has 3 aromatic rings. The van der Waals surface area contributed by atoms with Gasteiger partial charge in [0, 0.05) is 15.1 Å². The number of carbonyl (C=O) groups is 1. The van der Waals surface area contributed by atoms with Gasteiger partial charge in [0.1, 0.15) is 0 Å². The first-order valence-corrected chi connectivity index (χ1v) is 8.96. The Labute approximate surface area is 151 Å². The number of aromatic nitrogens is 3. The molecule has 2 aromatic carbocycles. The molecule has 0 bridgehead atoms. The number of carboxylic acid groups (broad SMARTS) is 1. The van der Waals surface area contributed by atoms with Gasteiger partial charge in [0.05, 0.1) is 11.4 Å². The van der Waals surface area contributed by atoms with Gasteiger partial charge in [-0.05, 0) is 43.3 Å². The van der Waals surface area contributed by atoms with Crippen molar-refractivity contribution in [1.82, 2.24) is 15.0 Å². The molecule has 0 radical (unpaired) electrons.